The quantitative estimate of drug-likeness (QED) is 0.807. The first kappa shape index (κ1) is 17.9. The lowest BCUT2D eigenvalue weighted by atomic mass is 9.69. The molecule has 1 N–H and O–H groups in total. The number of hydrogen-bond donors (Lipinski definition) is 1. The molecule has 0 bridgehead atoms. The fourth-order valence-corrected chi connectivity index (χ4v) is 3.91. The number of piperidine rings is 1. The van der Waals surface area contributed by atoms with Gasteiger partial charge in [-0.15, -0.1) is 0 Å². The standard InChI is InChI=1S/C18H28N4O3/c1-21-11-15(10-20-21)14-4-8-22(9-5-14)17(24)16(23)19-12-18(13-25-2)6-3-7-18/h10-11,14H,3-9,12-13H2,1-2H3,(H,19,23). The van der Waals surface area contributed by atoms with Crippen LogP contribution in [0.25, 0.3) is 0 Å². The van der Waals surface area contributed by atoms with Crippen molar-refractivity contribution in [3.8, 4) is 0 Å². The number of hydrogen-bond acceptors (Lipinski definition) is 4. The van der Waals surface area contributed by atoms with Crippen LogP contribution in [0.3, 0.4) is 0 Å². The molecule has 25 heavy (non-hydrogen) atoms. The number of carbonyl (C=O) groups excluding carboxylic acids is 2. The van der Waals surface area contributed by atoms with Crippen molar-refractivity contribution in [3.05, 3.63) is 18.0 Å². The van der Waals surface area contributed by atoms with Gasteiger partial charge in [0, 0.05) is 45.4 Å². The van der Waals surface area contributed by atoms with Gasteiger partial charge in [0.05, 0.1) is 12.8 Å². The summed E-state index contributed by atoms with van der Waals surface area (Å²) < 4.78 is 7.06. The van der Waals surface area contributed by atoms with Gasteiger partial charge in [-0.1, -0.05) is 6.42 Å². The van der Waals surface area contributed by atoms with Gasteiger partial charge in [-0.05, 0) is 37.2 Å². The molecule has 0 aromatic carbocycles. The second-order valence-electron chi connectivity index (χ2n) is 7.48. The van der Waals surface area contributed by atoms with Gasteiger partial charge >= 0.3 is 11.8 Å². The normalized spacial score (nSPS) is 20.2. The zero-order chi connectivity index (χ0) is 17.9. The van der Waals surface area contributed by atoms with E-state index in [0.717, 1.165) is 32.1 Å². The molecule has 2 heterocycles. The molecule has 7 nitrogen and oxygen atoms in total. The van der Waals surface area contributed by atoms with Crippen LogP contribution >= 0.6 is 0 Å². The average molecular weight is 348 g/mol. The molecule has 7 heteroatoms. The summed E-state index contributed by atoms with van der Waals surface area (Å²) in [5.41, 5.74) is 1.24. The van der Waals surface area contributed by atoms with E-state index in [-0.39, 0.29) is 5.41 Å². The first-order valence-electron chi connectivity index (χ1n) is 9.08. The van der Waals surface area contributed by atoms with E-state index in [9.17, 15) is 9.59 Å². The van der Waals surface area contributed by atoms with Crippen LogP contribution in [0.5, 0.6) is 0 Å². The molecular formula is C18H28N4O3. The smallest absolute Gasteiger partial charge is 0.311 e. The summed E-state index contributed by atoms with van der Waals surface area (Å²) in [5, 5.41) is 7.04. The molecular weight excluding hydrogens is 320 g/mol. The molecule has 0 radical (unpaired) electrons. The highest BCUT2D eigenvalue weighted by Crippen LogP contribution is 2.40. The summed E-state index contributed by atoms with van der Waals surface area (Å²) in [7, 11) is 3.59. The topological polar surface area (TPSA) is 76.5 Å². The summed E-state index contributed by atoms with van der Waals surface area (Å²) in [6, 6.07) is 0. The molecule has 1 saturated carbocycles. The average Bonchev–Trinajstić information content (AvgIpc) is 3.03. The van der Waals surface area contributed by atoms with E-state index in [4.69, 9.17) is 4.74 Å². The third-order valence-electron chi connectivity index (χ3n) is 5.66. The Morgan fingerprint density at radius 1 is 1.36 bits per heavy atom. The molecule has 2 amide bonds. The third kappa shape index (κ3) is 4.03. The molecule has 0 unspecified atom stereocenters. The Morgan fingerprint density at radius 3 is 2.60 bits per heavy atom. The molecule has 3 rings (SSSR count). The third-order valence-corrected chi connectivity index (χ3v) is 5.66. The van der Waals surface area contributed by atoms with E-state index < -0.39 is 11.8 Å². The van der Waals surface area contributed by atoms with Crippen LogP contribution in [0.1, 0.15) is 43.6 Å². The van der Waals surface area contributed by atoms with Crippen molar-refractivity contribution in [1.29, 1.82) is 0 Å². The van der Waals surface area contributed by atoms with Crippen molar-refractivity contribution >= 4 is 11.8 Å². The van der Waals surface area contributed by atoms with Crippen molar-refractivity contribution in [1.82, 2.24) is 20.0 Å². The highest BCUT2D eigenvalue weighted by molar-refractivity contribution is 6.35. The lowest BCUT2D eigenvalue weighted by molar-refractivity contribution is -0.147. The van der Waals surface area contributed by atoms with E-state index >= 15 is 0 Å². The predicted octanol–water partition coefficient (Wildman–Crippen LogP) is 1.06. The maximum absolute atomic E-state index is 12.4. The Labute approximate surface area is 148 Å². The number of rotatable bonds is 5. The Kier molecular flexibility index (Phi) is 5.42. The predicted molar refractivity (Wildman–Crippen MR) is 92.9 cm³/mol. The Hall–Kier alpha value is -1.89. The molecule has 0 atom stereocenters. The molecule has 2 fully saturated rings. The maximum Gasteiger partial charge on any atom is 0.311 e. The van der Waals surface area contributed by atoms with Crippen LogP contribution in [0.4, 0.5) is 0 Å². The number of carbonyl (C=O) groups is 2. The Bertz CT molecular complexity index is 616. The molecule has 1 aromatic heterocycles. The number of aromatic nitrogens is 2. The van der Waals surface area contributed by atoms with Gasteiger partial charge in [-0.2, -0.15) is 5.10 Å². The van der Waals surface area contributed by atoms with Crippen molar-refractivity contribution in [2.75, 3.05) is 33.4 Å². The molecule has 0 spiro atoms. The monoisotopic (exact) mass is 348 g/mol. The van der Waals surface area contributed by atoms with Gasteiger partial charge in [0.25, 0.3) is 0 Å². The van der Waals surface area contributed by atoms with E-state index in [0.29, 0.717) is 32.2 Å². The minimum atomic E-state index is -0.484. The number of nitrogens with one attached hydrogen (secondary N) is 1. The Morgan fingerprint density at radius 2 is 2.08 bits per heavy atom. The number of aryl methyl sites for hydroxylation is 1. The largest absolute Gasteiger partial charge is 0.384 e. The maximum atomic E-state index is 12.4. The van der Waals surface area contributed by atoms with Crippen LogP contribution < -0.4 is 5.32 Å². The van der Waals surface area contributed by atoms with Gasteiger partial charge in [-0.3, -0.25) is 14.3 Å². The van der Waals surface area contributed by atoms with Crippen molar-refractivity contribution in [3.63, 3.8) is 0 Å². The Balaban J connectivity index is 1.46. The summed E-state index contributed by atoms with van der Waals surface area (Å²) in [6.45, 7) is 2.40. The van der Waals surface area contributed by atoms with Crippen LogP contribution in [0.15, 0.2) is 12.4 Å². The molecule has 1 aliphatic heterocycles. The van der Waals surface area contributed by atoms with Crippen LogP contribution in [-0.2, 0) is 21.4 Å². The van der Waals surface area contributed by atoms with Gasteiger partial charge in [0.15, 0.2) is 0 Å². The number of amides is 2. The molecule has 1 saturated heterocycles. The summed E-state index contributed by atoms with van der Waals surface area (Å²) in [5.74, 6) is -0.473. The molecule has 2 aliphatic rings. The second kappa shape index (κ2) is 7.56. The lowest BCUT2D eigenvalue weighted by Crippen LogP contribution is -2.50. The van der Waals surface area contributed by atoms with Crippen molar-refractivity contribution in [2.24, 2.45) is 12.5 Å². The highest BCUT2D eigenvalue weighted by Gasteiger charge is 2.38. The van der Waals surface area contributed by atoms with Crippen LogP contribution in [0, 0.1) is 5.41 Å². The summed E-state index contributed by atoms with van der Waals surface area (Å²) in [6.07, 6.45) is 8.93. The van der Waals surface area contributed by atoms with E-state index in [1.807, 2.05) is 19.4 Å². The van der Waals surface area contributed by atoms with Gasteiger partial charge in [-0.25, -0.2) is 0 Å². The van der Waals surface area contributed by atoms with Crippen LogP contribution in [0.2, 0.25) is 0 Å². The highest BCUT2D eigenvalue weighted by atomic mass is 16.5. The van der Waals surface area contributed by atoms with Crippen molar-refractivity contribution < 1.29 is 14.3 Å². The summed E-state index contributed by atoms with van der Waals surface area (Å²) >= 11 is 0. The zero-order valence-electron chi connectivity index (χ0n) is 15.2. The number of methoxy groups -OCH3 is 1. The number of ether oxygens (including phenoxy) is 1. The first-order valence-corrected chi connectivity index (χ1v) is 9.08. The fraction of sp³-hybridized carbons (Fsp3) is 0.722. The van der Waals surface area contributed by atoms with E-state index in [1.54, 1.807) is 16.7 Å². The first-order chi connectivity index (χ1) is 12.0. The SMILES string of the molecule is COCC1(CNC(=O)C(=O)N2CCC(c3cnn(C)c3)CC2)CCC1. The fourth-order valence-electron chi connectivity index (χ4n) is 3.91. The second-order valence-corrected chi connectivity index (χ2v) is 7.48. The van der Waals surface area contributed by atoms with Gasteiger partial charge < -0.3 is 15.0 Å². The zero-order valence-corrected chi connectivity index (χ0v) is 15.2. The number of nitrogens with zero attached hydrogens (tertiary/aromatic N) is 3. The van der Waals surface area contributed by atoms with Gasteiger partial charge in [0.1, 0.15) is 0 Å². The van der Waals surface area contributed by atoms with Crippen LogP contribution in [-0.4, -0.2) is 59.8 Å². The lowest BCUT2D eigenvalue weighted by Gasteiger charge is -2.41. The summed E-state index contributed by atoms with van der Waals surface area (Å²) in [4.78, 5) is 26.3. The van der Waals surface area contributed by atoms with Crippen molar-refractivity contribution in [2.45, 2.75) is 38.0 Å². The molecule has 1 aromatic rings. The van der Waals surface area contributed by atoms with Gasteiger partial charge in [0.2, 0.25) is 0 Å². The number of likely N-dealkylation sites (tertiary alicyclic amines) is 1. The molecule has 138 valence electrons. The van der Waals surface area contributed by atoms with E-state index in [1.165, 1.54) is 5.56 Å². The minimum Gasteiger partial charge on any atom is -0.384 e. The molecule has 1 aliphatic carbocycles. The van der Waals surface area contributed by atoms with E-state index in [2.05, 4.69) is 10.4 Å². The minimum absolute atomic E-state index is 0.0258.